The van der Waals surface area contributed by atoms with Crippen molar-refractivity contribution in [2.75, 3.05) is 31.3 Å². The van der Waals surface area contributed by atoms with Crippen molar-refractivity contribution in [1.82, 2.24) is 4.90 Å². The van der Waals surface area contributed by atoms with Crippen molar-refractivity contribution in [3.8, 4) is 11.8 Å². The predicted molar refractivity (Wildman–Crippen MR) is 109 cm³/mol. The fraction of sp³-hybridized carbons (Fsp3) is 0.250. The summed E-state index contributed by atoms with van der Waals surface area (Å²) in [5.41, 5.74) is 1.43. The highest BCUT2D eigenvalue weighted by Gasteiger charge is 2.20. The summed E-state index contributed by atoms with van der Waals surface area (Å²) < 4.78 is 5.12. The molecule has 0 bridgehead atoms. The van der Waals surface area contributed by atoms with Gasteiger partial charge >= 0.3 is 0 Å². The van der Waals surface area contributed by atoms with Crippen LogP contribution < -0.4 is 15.4 Å². The van der Waals surface area contributed by atoms with Gasteiger partial charge in [-0.05, 0) is 44.3 Å². The number of hydrogen-bond acceptors (Lipinski definition) is 5. The lowest BCUT2D eigenvalue weighted by molar-refractivity contribution is -0.122. The zero-order chi connectivity index (χ0) is 20.7. The van der Waals surface area contributed by atoms with Crippen molar-refractivity contribution in [3.05, 3.63) is 53.1 Å². The molecule has 0 fully saturated rings. The van der Waals surface area contributed by atoms with Gasteiger partial charge in [0.2, 0.25) is 11.8 Å². The number of nitriles is 1. The molecule has 0 aliphatic heterocycles. The van der Waals surface area contributed by atoms with Gasteiger partial charge in [0.05, 0.1) is 30.3 Å². The molecule has 2 amide bonds. The smallest absolute Gasteiger partial charge is 0.241 e. The van der Waals surface area contributed by atoms with Crippen LogP contribution in [0.4, 0.5) is 11.4 Å². The second kappa shape index (κ2) is 9.74. The van der Waals surface area contributed by atoms with Crippen molar-refractivity contribution in [3.63, 3.8) is 0 Å². The van der Waals surface area contributed by atoms with E-state index < -0.39 is 6.04 Å². The third-order valence-corrected chi connectivity index (χ3v) is 4.46. The molecule has 0 saturated heterocycles. The van der Waals surface area contributed by atoms with E-state index in [1.807, 2.05) is 6.07 Å². The number of benzene rings is 2. The summed E-state index contributed by atoms with van der Waals surface area (Å²) in [5, 5.41) is 14.7. The average molecular weight is 401 g/mol. The number of likely N-dealkylation sites (N-methyl/N-ethyl adjacent to an activating group) is 1. The molecule has 146 valence electrons. The Morgan fingerprint density at radius 3 is 2.57 bits per heavy atom. The lowest BCUT2D eigenvalue weighted by atomic mass is 10.2. The van der Waals surface area contributed by atoms with E-state index in [1.54, 1.807) is 56.3 Å². The van der Waals surface area contributed by atoms with Gasteiger partial charge in [-0.1, -0.05) is 17.7 Å². The molecule has 0 aliphatic rings. The van der Waals surface area contributed by atoms with Crippen molar-refractivity contribution in [2.45, 2.75) is 13.0 Å². The highest BCUT2D eigenvalue weighted by atomic mass is 35.5. The molecule has 2 rings (SSSR count). The third-order valence-electron chi connectivity index (χ3n) is 4.14. The molecule has 1 atom stereocenters. The minimum Gasteiger partial charge on any atom is -0.497 e. The van der Waals surface area contributed by atoms with Gasteiger partial charge in [-0.2, -0.15) is 5.26 Å². The molecule has 2 N–H and O–H groups in total. The quantitative estimate of drug-likeness (QED) is 0.744. The summed E-state index contributed by atoms with van der Waals surface area (Å²) >= 11 is 5.98. The van der Waals surface area contributed by atoms with E-state index in [9.17, 15) is 9.59 Å². The Balaban J connectivity index is 1.92. The second-order valence-corrected chi connectivity index (χ2v) is 6.57. The molecule has 28 heavy (non-hydrogen) atoms. The third kappa shape index (κ3) is 5.71. The largest absolute Gasteiger partial charge is 0.497 e. The maximum atomic E-state index is 12.4. The summed E-state index contributed by atoms with van der Waals surface area (Å²) in [6, 6.07) is 13.1. The van der Waals surface area contributed by atoms with E-state index in [0.717, 1.165) is 0 Å². The van der Waals surface area contributed by atoms with Gasteiger partial charge in [0.1, 0.15) is 11.8 Å². The minimum absolute atomic E-state index is 0.0277. The first-order valence-corrected chi connectivity index (χ1v) is 8.86. The maximum Gasteiger partial charge on any atom is 0.241 e. The average Bonchev–Trinajstić information content (AvgIpc) is 2.67. The Morgan fingerprint density at radius 1 is 1.21 bits per heavy atom. The highest BCUT2D eigenvalue weighted by Crippen LogP contribution is 2.20. The molecule has 0 aromatic heterocycles. The number of rotatable bonds is 7. The summed E-state index contributed by atoms with van der Waals surface area (Å²) in [4.78, 5) is 26.3. The number of methoxy groups -OCH3 is 1. The van der Waals surface area contributed by atoms with Crippen LogP contribution in [0.3, 0.4) is 0 Å². The van der Waals surface area contributed by atoms with Crippen molar-refractivity contribution < 1.29 is 14.3 Å². The van der Waals surface area contributed by atoms with Crippen molar-refractivity contribution >= 4 is 34.8 Å². The number of nitrogens with zero attached hydrogens (tertiary/aromatic N) is 2. The lowest BCUT2D eigenvalue weighted by Gasteiger charge is -2.23. The van der Waals surface area contributed by atoms with E-state index >= 15 is 0 Å². The van der Waals surface area contributed by atoms with Crippen molar-refractivity contribution in [1.29, 1.82) is 5.26 Å². The van der Waals surface area contributed by atoms with Crippen LogP contribution in [0.25, 0.3) is 0 Å². The maximum absolute atomic E-state index is 12.4. The monoisotopic (exact) mass is 400 g/mol. The molecule has 2 aromatic carbocycles. The SMILES string of the molecule is COc1cccc(NC(=O)CN(C)C(C)C(=O)Nc2ccc(C#N)c(Cl)c2)c1. The Bertz CT molecular complexity index is 911. The number of nitrogens with one attached hydrogen (secondary N) is 2. The zero-order valence-electron chi connectivity index (χ0n) is 15.8. The van der Waals surface area contributed by atoms with Gasteiger partial charge < -0.3 is 15.4 Å². The first-order valence-electron chi connectivity index (χ1n) is 8.48. The van der Waals surface area contributed by atoms with Gasteiger partial charge in [-0.3, -0.25) is 14.5 Å². The molecule has 0 radical (unpaired) electrons. The highest BCUT2D eigenvalue weighted by molar-refractivity contribution is 6.32. The summed E-state index contributed by atoms with van der Waals surface area (Å²) in [7, 11) is 3.23. The van der Waals surface area contributed by atoms with Gasteiger partial charge in [0, 0.05) is 17.4 Å². The first-order chi connectivity index (χ1) is 13.3. The van der Waals surface area contributed by atoms with Crippen LogP contribution in [0.15, 0.2) is 42.5 Å². The predicted octanol–water partition coefficient (Wildman–Crippen LogP) is 3.12. The molecule has 7 nitrogen and oxygen atoms in total. The molecule has 0 heterocycles. The molecule has 0 aliphatic carbocycles. The Kier molecular flexibility index (Phi) is 7.38. The molecule has 0 saturated carbocycles. The van der Waals surface area contributed by atoms with Gasteiger partial charge in [0.15, 0.2) is 0 Å². The molecule has 0 spiro atoms. The number of ether oxygens (including phenoxy) is 1. The number of hydrogen-bond donors (Lipinski definition) is 2. The number of amides is 2. The Hall–Kier alpha value is -3.08. The van der Waals surface area contributed by atoms with E-state index in [2.05, 4.69) is 10.6 Å². The minimum atomic E-state index is -0.564. The Labute approximate surface area is 168 Å². The van der Waals surface area contributed by atoms with E-state index in [0.29, 0.717) is 22.7 Å². The Morgan fingerprint density at radius 2 is 1.93 bits per heavy atom. The van der Waals surface area contributed by atoms with Crippen LogP contribution in [-0.4, -0.2) is 43.5 Å². The molecular formula is C20H21ClN4O3. The normalized spacial score (nSPS) is 11.4. The van der Waals surface area contributed by atoms with Crippen LogP contribution in [0, 0.1) is 11.3 Å². The van der Waals surface area contributed by atoms with E-state index in [-0.39, 0.29) is 23.4 Å². The fourth-order valence-corrected chi connectivity index (χ4v) is 2.62. The van der Waals surface area contributed by atoms with Crippen LogP contribution in [0.2, 0.25) is 5.02 Å². The summed E-state index contributed by atoms with van der Waals surface area (Å²) in [5.74, 6) is 0.0919. The van der Waals surface area contributed by atoms with Crippen LogP contribution in [0.1, 0.15) is 12.5 Å². The van der Waals surface area contributed by atoms with Crippen molar-refractivity contribution in [2.24, 2.45) is 0 Å². The molecule has 2 aromatic rings. The molecule has 1 unspecified atom stereocenters. The van der Waals surface area contributed by atoms with Gasteiger partial charge in [-0.15, -0.1) is 0 Å². The zero-order valence-corrected chi connectivity index (χ0v) is 16.6. The van der Waals surface area contributed by atoms with E-state index in [4.69, 9.17) is 21.6 Å². The van der Waals surface area contributed by atoms with E-state index in [1.165, 1.54) is 12.1 Å². The second-order valence-electron chi connectivity index (χ2n) is 6.17. The number of halogens is 1. The van der Waals surface area contributed by atoms with Crippen LogP contribution in [-0.2, 0) is 9.59 Å². The topological polar surface area (TPSA) is 94.5 Å². The van der Waals surface area contributed by atoms with Crippen LogP contribution >= 0.6 is 11.6 Å². The summed E-state index contributed by atoms with van der Waals surface area (Å²) in [6.45, 7) is 1.72. The standard InChI is InChI=1S/C20H21ClN4O3/c1-13(20(27)24-16-8-7-14(11-22)18(21)10-16)25(2)12-19(26)23-15-5-4-6-17(9-15)28-3/h4-10,13H,12H2,1-3H3,(H,23,26)(H,24,27). The van der Waals surface area contributed by atoms with Gasteiger partial charge in [0.25, 0.3) is 0 Å². The number of carbonyl (C=O) groups is 2. The first kappa shape index (κ1) is 21.2. The fourth-order valence-electron chi connectivity index (χ4n) is 2.40. The molecule has 8 heteroatoms. The van der Waals surface area contributed by atoms with Gasteiger partial charge in [-0.25, -0.2) is 0 Å². The number of carbonyl (C=O) groups excluding carboxylic acids is 2. The lowest BCUT2D eigenvalue weighted by Crippen LogP contribution is -2.43. The summed E-state index contributed by atoms with van der Waals surface area (Å²) in [6.07, 6.45) is 0. The van der Waals surface area contributed by atoms with Crippen LogP contribution in [0.5, 0.6) is 5.75 Å². The number of anilines is 2. The molecular weight excluding hydrogens is 380 g/mol.